The van der Waals surface area contributed by atoms with Gasteiger partial charge in [-0.05, 0) is 31.9 Å². The third-order valence-corrected chi connectivity index (χ3v) is 3.24. The summed E-state index contributed by atoms with van der Waals surface area (Å²) in [6.45, 7) is 4.56. The lowest BCUT2D eigenvalue weighted by molar-refractivity contribution is -0.125. The molecule has 0 amide bonds. The minimum atomic E-state index is -0.417. The summed E-state index contributed by atoms with van der Waals surface area (Å²) in [5.74, 6) is -0.385. The summed E-state index contributed by atoms with van der Waals surface area (Å²) < 4.78 is 0. The number of hydrogen-bond acceptors (Lipinski definition) is 4. The van der Waals surface area contributed by atoms with Crippen LogP contribution in [0.5, 0.6) is 0 Å². The Morgan fingerprint density at radius 2 is 1.33 bits per heavy atom. The van der Waals surface area contributed by atoms with E-state index in [9.17, 15) is 14.4 Å². The smallest absolute Gasteiger partial charge is 0.159 e. The Bertz CT molecular complexity index is 630. The number of aliphatic hydroxyl groups excluding tert-OH is 1. The van der Waals surface area contributed by atoms with Crippen LogP contribution in [0.1, 0.15) is 31.1 Å². The molecule has 0 aliphatic carbocycles. The molecule has 2 aromatic rings. The second-order valence-electron chi connectivity index (χ2n) is 5.03. The summed E-state index contributed by atoms with van der Waals surface area (Å²) in [6.07, 6.45) is 0.641. The van der Waals surface area contributed by atoms with Crippen LogP contribution in [0.25, 0.3) is 11.1 Å². The molecule has 0 saturated carbocycles. The van der Waals surface area contributed by atoms with Crippen LogP contribution >= 0.6 is 0 Å². The Labute approximate surface area is 143 Å². The van der Waals surface area contributed by atoms with Gasteiger partial charge in [0.25, 0.3) is 0 Å². The zero-order valence-electron chi connectivity index (χ0n) is 14.5. The molecule has 2 rings (SSSR count). The zero-order chi connectivity index (χ0) is 18.5. The minimum Gasteiger partial charge on any atom is -0.400 e. The van der Waals surface area contributed by atoms with E-state index in [0.29, 0.717) is 6.29 Å². The summed E-state index contributed by atoms with van der Waals surface area (Å²) in [5, 5.41) is 7.00. The minimum absolute atomic E-state index is 0.0741. The van der Waals surface area contributed by atoms with Crippen LogP contribution in [0.3, 0.4) is 0 Å². The first-order chi connectivity index (χ1) is 11.5. The number of Topliss-reactive ketones (excluding diaryl/α,β-unsaturated/α-hetero) is 2. The number of aliphatic hydroxyl groups is 1. The molecule has 1 atom stereocenters. The third kappa shape index (κ3) is 7.61. The van der Waals surface area contributed by atoms with Crippen molar-refractivity contribution in [2.75, 3.05) is 7.11 Å². The molecule has 1 unspecified atom stereocenters. The standard InChI is InChI=1S/C14H12O.C5H8O2.CH4O/c1-11(15)12-7-9-14(10-8-12)13-5-3-2-4-6-13;1-4(3-6)5(2)7;1-2/h2-10H,1H3;3-4H,1-2H3;2H,1H3. The molecule has 4 heteroatoms. The van der Waals surface area contributed by atoms with E-state index >= 15 is 0 Å². The highest BCUT2D eigenvalue weighted by Crippen LogP contribution is 2.19. The Morgan fingerprint density at radius 1 is 0.875 bits per heavy atom. The molecule has 24 heavy (non-hydrogen) atoms. The summed E-state index contributed by atoms with van der Waals surface area (Å²) in [7, 11) is 1.00. The van der Waals surface area contributed by atoms with Crippen molar-refractivity contribution in [3.63, 3.8) is 0 Å². The van der Waals surface area contributed by atoms with Gasteiger partial charge in [-0.25, -0.2) is 0 Å². The van der Waals surface area contributed by atoms with E-state index in [-0.39, 0.29) is 11.6 Å². The fraction of sp³-hybridized carbons (Fsp3) is 0.250. The Morgan fingerprint density at radius 3 is 1.67 bits per heavy atom. The maximum atomic E-state index is 11.1. The first-order valence-corrected chi connectivity index (χ1v) is 7.52. The van der Waals surface area contributed by atoms with Crippen LogP contribution in [-0.2, 0) is 9.59 Å². The van der Waals surface area contributed by atoms with Crippen molar-refractivity contribution in [1.29, 1.82) is 0 Å². The molecule has 128 valence electrons. The highest BCUT2D eigenvalue weighted by Gasteiger charge is 2.02. The molecule has 0 aliphatic rings. The van der Waals surface area contributed by atoms with Crippen LogP contribution in [0, 0.1) is 5.92 Å². The van der Waals surface area contributed by atoms with Crippen molar-refractivity contribution in [1.82, 2.24) is 0 Å². The van der Waals surface area contributed by atoms with Gasteiger partial charge in [0.1, 0.15) is 12.1 Å². The number of carbonyl (C=O) groups is 3. The molecule has 0 heterocycles. The third-order valence-electron chi connectivity index (χ3n) is 3.24. The van der Waals surface area contributed by atoms with E-state index in [2.05, 4.69) is 12.1 Å². The first kappa shape index (κ1) is 21.4. The van der Waals surface area contributed by atoms with E-state index in [4.69, 9.17) is 5.11 Å². The average Bonchev–Trinajstić information content (AvgIpc) is 2.64. The predicted octanol–water partition coefficient (Wildman–Crippen LogP) is 3.58. The molecule has 0 bridgehead atoms. The van der Waals surface area contributed by atoms with E-state index in [1.807, 2.05) is 42.5 Å². The largest absolute Gasteiger partial charge is 0.400 e. The Hall–Kier alpha value is -2.59. The molecular weight excluding hydrogens is 304 g/mol. The first-order valence-electron chi connectivity index (χ1n) is 7.52. The van der Waals surface area contributed by atoms with E-state index in [0.717, 1.165) is 18.2 Å². The summed E-state index contributed by atoms with van der Waals surface area (Å²) in [5.41, 5.74) is 3.07. The van der Waals surface area contributed by atoms with E-state index in [1.54, 1.807) is 13.8 Å². The lowest BCUT2D eigenvalue weighted by Crippen LogP contribution is -2.06. The van der Waals surface area contributed by atoms with Gasteiger partial charge in [-0.3, -0.25) is 9.59 Å². The summed E-state index contributed by atoms with van der Waals surface area (Å²) >= 11 is 0. The molecule has 4 nitrogen and oxygen atoms in total. The second-order valence-corrected chi connectivity index (χ2v) is 5.03. The molecule has 1 N–H and O–H groups in total. The fourth-order valence-electron chi connectivity index (χ4n) is 1.62. The van der Waals surface area contributed by atoms with Crippen LogP contribution < -0.4 is 0 Å². The second kappa shape index (κ2) is 11.9. The van der Waals surface area contributed by atoms with Crippen molar-refractivity contribution in [3.8, 4) is 11.1 Å². The summed E-state index contributed by atoms with van der Waals surface area (Å²) in [4.78, 5) is 31.0. The highest BCUT2D eigenvalue weighted by molar-refractivity contribution is 5.94. The number of ketones is 2. The predicted molar refractivity (Wildman–Crippen MR) is 95.9 cm³/mol. The molecule has 2 aromatic carbocycles. The lowest BCUT2D eigenvalue weighted by Gasteiger charge is -2.01. The molecule has 0 spiro atoms. The maximum absolute atomic E-state index is 11.1. The molecule has 0 radical (unpaired) electrons. The van der Waals surface area contributed by atoms with Crippen LogP contribution in [0.2, 0.25) is 0 Å². The lowest BCUT2D eigenvalue weighted by atomic mass is 10.0. The molecule has 0 aromatic heterocycles. The molecule has 0 fully saturated rings. The van der Waals surface area contributed by atoms with Crippen molar-refractivity contribution in [2.24, 2.45) is 5.92 Å². The van der Waals surface area contributed by atoms with Gasteiger partial charge in [-0.15, -0.1) is 0 Å². The van der Waals surface area contributed by atoms with Crippen molar-refractivity contribution < 1.29 is 19.5 Å². The Kier molecular flexibility index (Phi) is 10.6. The topological polar surface area (TPSA) is 71.4 Å². The monoisotopic (exact) mass is 328 g/mol. The van der Waals surface area contributed by atoms with Gasteiger partial charge < -0.3 is 9.90 Å². The molecule has 0 saturated heterocycles. The van der Waals surface area contributed by atoms with Gasteiger partial charge in [-0.2, -0.15) is 0 Å². The van der Waals surface area contributed by atoms with Crippen LogP contribution in [0.15, 0.2) is 54.6 Å². The van der Waals surface area contributed by atoms with Gasteiger partial charge in [-0.1, -0.05) is 54.6 Å². The highest BCUT2D eigenvalue weighted by atomic mass is 16.2. The number of carbonyl (C=O) groups excluding carboxylic acids is 3. The van der Waals surface area contributed by atoms with Crippen LogP contribution in [0.4, 0.5) is 0 Å². The number of benzene rings is 2. The fourth-order valence-corrected chi connectivity index (χ4v) is 1.62. The quantitative estimate of drug-likeness (QED) is 0.529. The van der Waals surface area contributed by atoms with Crippen LogP contribution in [-0.4, -0.2) is 30.1 Å². The summed E-state index contributed by atoms with van der Waals surface area (Å²) in [6, 6.07) is 17.8. The number of rotatable bonds is 4. The average molecular weight is 328 g/mol. The van der Waals surface area contributed by atoms with Gasteiger partial charge >= 0.3 is 0 Å². The van der Waals surface area contributed by atoms with E-state index in [1.165, 1.54) is 12.5 Å². The maximum Gasteiger partial charge on any atom is 0.159 e. The van der Waals surface area contributed by atoms with Crippen molar-refractivity contribution >= 4 is 17.9 Å². The normalized spacial score (nSPS) is 10.2. The number of aldehydes is 1. The van der Waals surface area contributed by atoms with Gasteiger partial charge in [0.2, 0.25) is 0 Å². The Balaban J connectivity index is 0.000000501. The van der Waals surface area contributed by atoms with Gasteiger partial charge in [0.15, 0.2) is 5.78 Å². The van der Waals surface area contributed by atoms with Gasteiger partial charge in [0, 0.05) is 12.7 Å². The van der Waals surface area contributed by atoms with Crippen molar-refractivity contribution in [2.45, 2.75) is 20.8 Å². The molecular formula is C20H24O4. The zero-order valence-corrected chi connectivity index (χ0v) is 14.5. The number of hydrogen-bond donors (Lipinski definition) is 1. The van der Waals surface area contributed by atoms with Gasteiger partial charge in [0.05, 0.1) is 5.92 Å². The molecule has 0 aliphatic heterocycles. The van der Waals surface area contributed by atoms with E-state index < -0.39 is 5.92 Å². The van der Waals surface area contributed by atoms with Crippen molar-refractivity contribution in [3.05, 3.63) is 60.2 Å². The SMILES string of the molecule is CC(=O)C(C)C=O.CC(=O)c1ccc(-c2ccccc2)cc1.CO.